The molecule has 0 bridgehead atoms. The number of aromatic amines is 1. The highest BCUT2D eigenvalue weighted by Crippen LogP contribution is 2.22. The van der Waals surface area contributed by atoms with E-state index in [1.807, 2.05) is 42.6 Å². The Kier molecular flexibility index (Phi) is 4.78. The normalized spacial score (nSPS) is 10.7. The number of halogens is 1. The van der Waals surface area contributed by atoms with Crippen molar-refractivity contribution in [2.75, 3.05) is 6.54 Å². The molecule has 2 aromatic heterocycles. The van der Waals surface area contributed by atoms with Crippen LogP contribution in [0.2, 0.25) is 5.02 Å². The van der Waals surface area contributed by atoms with E-state index in [0.29, 0.717) is 23.7 Å². The maximum Gasteiger partial charge on any atom is 0.407 e. The Labute approximate surface area is 138 Å². The van der Waals surface area contributed by atoms with Crippen LogP contribution in [-0.4, -0.2) is 22.6 Å². The molecule has 0 atom stereocenters. The summed E-state index contributed by atoms with van der Waals surface area (Å²) in [6, 6.07) is 11.2. The van der Waals surface area contributed by atoms with Crippen LogP contribution in [0.15, 0.2) is 48.8 Å². The van der Waals surface area contributed by atoms with Gasteiger partial charge < -0.3 is 15.0 Å². The van der Waals surface area contributed by atoms with Crippen molar-refractivity contribution in [1.29, 1.82) is 0 Å². The van der Waals surface area contributed by atoms with E-state index < -0.39 is 6.09 Å². The monoisotopic (exact) mass is 329 g/mol. The van der Waals surface area contributed by atoms with Gasteiger partial charge in [0.15, 0.2) is 0 Å². The topological polar surface area (TPSA) is 67.0 Å². The molecule has 0 fully saturated rings. The predicted octanol–water partition coefficient (Wildman–Crippen LogP) is 3.69. The van der Waals surface area contributed by atoms with Crippen LogP contribution < -0.4 is 5.32 Å². The largest absolute Gasteiger partial charge is 0.443 e. The number of nitrogens with one attached hydrogen (secondary N) is 2. The number of fused-ring (bicyclic) bond motifs is 1. The third-order valence-electron chi connectivity index (χ3n) is 3.47. The number of amides is 1. The summed E-state index contributed by atoms with van der Waals surface area (Å²) in [7, 11) is 0. The van der Waals surface area contributed by atoms with Gasteiger partial charge in [0.25, 0.3) is 0 Å². The first-order chi connectivity index (χ1) is 11.2. The van der Waals surface area contributed by atoms with Gasteiger partial charge in [-0.15, -0.1) is 0 Å². The van der Waals surface area contributed by atoms with Crippen molar-refractivity contribution >= 4 is 28.6 Å². The molecule has 0 radical (unpaired) electrons. The lowest BCUT2D eigenvalue weighted by molar-refractivity contribution is 0.138. The second kappa shape index (κ2) is 7.15. The molecule has 1 amide bonds. The molecule has 3 rings (SSSR count). The van der Waals surface area contributed by atoms with Crippen LogP contribution in [-0.2, 0) is 17.8 Å². The number of pyridine rings is 1. The van der Waals surface area contributed by atoms with Gasteiger partial charge in [-0.3, -0.25) is 4.98 Å². The van der Waals surface area contributed by atoms with Gasteiger partial charge in [-0.25, -0.2) is 4.79 Å². The van der Waals surface area contributed by atoms with Crippen LogP contribution >= 0.6 is 11.6 Å². The molecular weight excluding hydrogens is 314 g/mol. The number of ether oxygens (including phenoxy) is 1. The molecule has 23 heavy (non-hydrogen) atoms. The van der Waals surface area contributed by atoms with Crippen molar-refractivity contribution in [1.82, 2.24) is 15.3 Å². The Morgan fingerprint density at radius 2 is 2.22 bits per heavy atom. The summed E-state index contributed by atoms with van der Waals surface area (Å²) in [6.07, 6.45) is 3.84. The van der Waals surface area contributed by atoms with Crippen molar-refractivity contribution in [2.45, 2.75) is 13.0 Å². The molecule has 0 unspecified atom stereocenters. The fraction of sp³-hybridized carbons (Fsp3) is 0.176. The summed E-state index contributed by atoms with van der Waals surface area (Å²) >= 11 is 6.02. The van der Waals surface area contributed by atoms with Gasteiger partial charge in [-0.1, -0.05) is 17.7 Å². The second-order valence-electron chi connectivity index (χ2n) is 5.08. The quantitative estimate of drug-likeness (QED) is 0.750. The zero-order valence-corrected chi connectivity index (χ0v) is 13.1. The molecular formula is C17H16ClN3O2. The van der Waals surface area contributed by atoms with E-state index in [-0.39, 0.29) is 6.61 Å². The fourth-order valence-corrected chi connectivity index (χ4v) is 2.50. The number of alkyl carbamates (subject to hydrolysis) is 1. The average Bonchev–Trinajstić information content (AvgIpc) is 2.96. The maximum atomic E-state index is 11.7. The first-order valence-corrected chi connectivity index (χ1v) is 7.66. The van der Waals surface area contributed by atoms with Crippen molar-refractivity contribution in [3.05, 3.63) is 65.1 Å². The summed E-state index contributed by atoms with van der Waals surface area (Å²) in [5, 5.41) is 4.50. The molecule has 0 aliphatic rings. The molecule has 0 spiro atoms. The minimum atomic E-state index is -0.450. The zero-order chi connectivity index (χ0) is 16.1. The number of benzene rings is 1. The standard InChI is InChI=1S/C17H16ClN3O2/c18-13-4-5-16-15(9-13)12(10-21-16)6-8-20-17(22)23-11-14-3-1-2-7-19-14/h1-5,7,9-10,21H,6,8,11H2,(H,20,22). The molecule has 2 N–H and O–H groups in total. The van der Waals surface area contributed by atoms with Crippen LogP contribution in [0.25, 0.3) is 10.9 Å². The molecule has 1 aromatic carbocycles. The first kappa shape index (κ1) is 15.4. The number of carbonyl (C=O) groups is 1. The van der Waals surface area contributed by atoms with Crippen LogP contribution in [0.4, 0.5) is 4.79 Å². The third-order valence-corrected chi connectivity index (χ3v) is 3.71. The molecule has 0 aliphatic heterocycles. The van der Waals surface area contributed by atoms with Crippen LogP contribution in [0.1, 0.15) is 11.3 Å². The molecule has 6 heteroatoms. The van der Waals surface area contributed by atoms with Gasteiger partial charge >= 0.3 is 6.09 Å². The van der Waals surface area contributed by atoms with Crippen molar-refractivity contribution in [3.63, 3.8) is 0 Å². The number of hydrogen-bond donors (Lipinski definition) is 2. The van der Waals surface area contributed by atoms with Crippen LogP contribution in [0.3, 0.4) is 0 Å². The molecule has 0 saturated heterocycles. The summed E-state index contributed by atoms with van der Waals surface area (Å²) in [4.78, 5) is 19.0. The van der Waals surface area contributed by atoms with E-state index in [0.717, 1.165) is 16.5 Å². The van der Waals surface area contributed by atoms with E-state index in [9.17, 15) is 4.79 Å². The summed E-state index contributed by atoms with van der Waals surface area (Å²) < 4.78 is 5.11. The molecule has 118 valence electrons. The molecule has 3 aromatic rings. The Morgan fingerprint density at radius 3 is 3.04 bits per heavy atom. The number of H-pyrrole nitrogens is 1. The van der Waals surface area contributed by atoms with Crippen molar-refractivity contribution < 1.29 is 9.53 Å². The van der Waals surface area contributed by atoms with Gasteiger partial charge in [-0.05, 0) is 42.3 Å². The van der Waals surface area contributed by atoms with Crippen molar-refractivity contribution in [3.8, 4) is 0 Å². The van der Waals surface area contributed by atoms with E-state index in [2.05, 4.69) is 15.3 Å². The van der Waals surface area contributed by atoms with E-state index in [4.69, 9.17) is 16.3 Å². The highest BCUT2D eigenvalue weighted by Gasteiger charge is 2.06. The lowest BCUT2D eigenvalue weighted by Crippen LogP contribution is -2.26. The SMILES string of the molecule is O=C(NCCc1c[nH]c2ccc(Cl)cc12)OCc1ccccn1. The Morgan fingerprint density at radius 1 is 1.30 bits per heavy atom. The molecule has 0 aliphatic carbocycles. The van der Waals surface area contributed by atoms with Gasteiger partial charge in [-0.2, -0.15) is 0 Å². The summed E-state index contributed by atoms with van der Waals surface area (Å²) in [5.41, 5.74) is 2.85. The Balaban J connectivity index is 1.48. The highest BCUT2D eigenvalue weighted by atomic mass is 35.5. The fourth-order valence-electron chi connectivity index (χ4n) is 2.33. The highest BCUT2D eigenvalue weighted by molar-refractivity contribution is 6.31. The first-order valence-electron chi connectivity index (χ1n) is 7.28. The number of rotatable bonds is 5. The zero-order valence-electron chi connectivity index (χ0n) is 12.4. The average molecular weight is 330 g/mol. The second-order valence-corrected chi connectivity index (χ2v) is 5.51. The number of carbonyl (C=O) groups excluding carboxylic acids is 1. The van der Waals surface area contributed by atoms with Gasteiger partial charge in [0.2, 0.25) is 0 Å². The number of nitrogens with zero attached hydrogens (tertiary/aromatic N) is 1. The molecule has 0 saturated carbocycles. The lowest BCUT2D eigenvalue weighted by Gasteiger charge is -2.06. The predicted molar refractivity (Wildman–Crippen MR) is 89.4 cm³/mol. The Bertz CT molecular complexity index is 802. The number of aromatic nitrogens is 2. The smallest absolute Gasteiger partial charge is 0.407 e. The summed E-state index contributed by atoms with van der Waals surface area (Å²) in [5.74, 6) is 0. The molecule has 5 nitrogen and oxygen atoms in total. The third kappa shape index (κ3) is 4.02. The van der Waals surface area contributed by atoms with Gasteiger partial charge in [0.05, 0.1) is 5.69 Å². The van der Waals surface area contributed by atoms with E-state index in [1.54, 1.807) is 6.20 Å². The van der Waals surface area contributed by atoms with Crippen LogP contribution in [0, 0.1) is 0 Å². The molecule has 2 heterocycles. The Hall–Kier alpha value is -2.53. The van der Waals surface area contributed by atoms with Gasteiger partial charge in [0.1, 0.15) is 6.61 Å². The lowest BCUT2D eigenvalue weighted by atomic mass is 10.1. The maximum absolute atomic E-state index is 11.7. The number of hydrogen-bond acceptors (Lipinski definition) is 3. The van der Waals surface area contributed by atoms with Crippen molar-refractivity contribution in [2.24, 2.45) is 0 Å². The minimum absolute atomic E-state index is 0.162. The van der Waals surface area contributed by atoms with E-state index >= 15 is 0 Å². The van der Waals surface area contributed by atoms with Gasteiger partial charge in [0, 0.05) is 34.9 Å². The van der Waals surface area contributed by atoms with E-state index in [1.165, 1.54) is 0 Å². The van der Waals surface area contributed by atoms with Crippen LogP contribution in [0.5, 0.6) is 0 Å². The minimum Gasteiger partial charge on any atom is -0.443 e. The summed E-state index contributed by atoms with van der Waals surface area (Å²) in [6.45, 7) is 0.649.